The smallest absolute Gasteiger partial charge is 0.211 e. The molecule has 0 bridgehead atoms. The first-order valence-electron chi connectivity index (χ1n) is 6.93. The zero-order valence-electron chi connectivity index (χ0n) is 13.6. The van der Waals surface area contributed by atoms with E-state index >= 15 is 0 Å². The van der Waals surface area contributed by atoms with Crippen molar-refractivity contribution in [3.8, 4) is 0 Å². The third kappa shape index (κ3) is 7.88. The summed E-state index contributed by atoms with van der Waals surface area (Å²) in [6, 6.07) is 4.36. The van der Waals surface area contributed by atoms with Crippen LogP contribution in [0.5, 0.6) is 0 Å². The van der Waals surface area contributed by atoms with Crippen LogP contribution in [0.15, 0.2) is 32.5 Å². The van der Waals surface area contributed by atoms with Gasteiger partial charge in [0.1, 0.15) is 0 Å². The Hall–Kier alpha value is -2.20. The normalized spacial score (nSPS) is 11.1. The number of aryl methyl sites for hydroxylation is 2. The first-order chi connectivity index (χ1) is 11.4. The van der Waals surface area contributed by atoms with Crippen molar-refractivity contribution >= 4 is 46.5 Å². The van der Waals surface area contributed by atoms with Gasteiger partial charge in [-0.1, -0.05) is 12.1 Å². The lowest BCUT2D eigenvalue weighted by molar-refractivity contribution is 1.21. The minimum atomic E-state index is -0.0518. The zero-order chi connectivity index (χ0) is 17.9. The lowest BCUT2D eigenvalue weighted by Gasteiger charge is -2.10. The van der Waals surface area contributed by atoms with Crippen LogP contribution in [0.1, 0.15) is 22.3 Å². The first-order valence-corrected chi connectivity index (χ1v) is 9.03. The van der Waals surface area contributed by atoms with E-state index in [1.54, 1.807) is 11.1 Å². The Bertz CT molecular complexity index is 601. The van der Waals surface area contributed by atoms with Gasteiger partial charge in [-0.3, -0.25) is 0 Å². The summed E-state index contributed by atoms with van der Waals surface area (Å²) in [5.74, 6) is 1.50. The largest absolute Gasteiger partial charge is 0.369 e. The number of hydrogen-bond donors (Lipinski definition) is 4. The standard InChI is InChI=1S/C14H22N8S2/c1-9-3-12(6-24-8-20-22-14(17)18)10(2)4-11(9)5-23-7-19-21-13(15)16/h3-4,7-8H,5-6H2,1-2H3,(H4,15,16,21)(H4,17,18,22)/b19-7+,20-8+. The molecule has 0 aliphatic heterocycles. The first kappa shape index (κ1) is 19.8. The molecule has 1 aromatic carbocycles. The molecule has 0 radical (unpaired) electrons. The van der Waals surface area contributed by atoms with Gasteiger partial charge in [-0.25, -0.2) is 0 Å². The third-order valence-corrected chi connectivity index (χ3v) is 4.30. The molecule has 24 heavy (non-hydrogen) atoms. The molecule has 0 amide bonds. The number of nitrogens with two attached hydrogens (primary N) is 4. The van der Waals surface area contributed by atoms with Crippen molar-refractivity contribution in [3.63, 3.8) is 0 Å². The molecule has 0 aliphatic carbocycles. The number of rotatable bonds is 8. The lowest BCUT2D eigenvalue weighted by atomic mass is 10.0. The Labute approximate surface area is 149 Å². The van der Waals surface area contributed by atoms with Gasteiger partial charge in [0, 0.05) is 11.5 Å². The molecular formula is C14H22N8S2. The fraction of sp³-hybridized carbons (Fsp3) is 0.286. The van der Waals surface area contributed by atoms with Crippen LogP contribution in [-0.2, 0) is 11.5 Å². The maximum Gasteiger partial charge on any atom is 0.211 e. The molecule has 0 saturated heterocycles. The van der Waals surface area contributed by atoms with Crippen molar-refractivity contribution in [1.29, 1.82) is 0 Å². The molecule has 0 unspecified atom stereocenters. The van der Waals surface area contributed by atoms with E-state index in [-0.39, 0.29) is 11.9 Å². The second kappa shape index (κ2) is 10.6. The van der Waals surface area contributed by atoms with Crippen molar-refractivity contribution in [2.24, 2.45) is 43.3 Å². The molecule has 0 aromatic heterocycles. The molecule has 0 atom stereocenters. The van der Waals surface area contributed by atoms with E-state index in [4.69, 9.17) is 22.9 Å². The van der Waals surface area contributed by atoms with Crippen LogP contribution in [0, 0.1) is 13.8 Å². The summed E-state index contributed by atoms with van der Waals surface area (Å²) in [5, 5.41) is 14.6. The van der Waals surface area contributed by atoms with Gasteiger partial charge in [-0.2, -0.15) is 0 Å². The molecule has 0 spiro atoms. The lowest BCUT2D eigenvalue weighted by Crippen LogP contribution is -2.21. The van der Waals surface area contributed by atoms with Crippen LogP contribution >= 0.6 is 23.5 Å². The molecule has 0 saturated carbocycles. The Morgan fingerprint density at radius 3 is 1.54 bits per heavy atom. The minimum absolute atomic E-state index is 0.0518. The van der Waals surface area contributed by atoms with Gasteiger partial charge in [0.25, 0.3) is 0 Å². The van der Waals surface area contributed by atoms with Crippen molar-refractivity contribution in [2.45, 2.75) is 25.4 Å². The monoisotopic (exact) mass is 366 g/mol. The maximum atomic E-state index is 5.19. The van der Waals surface area contributed by atoms with Gasteiger partial charge in [-0.15, -0.1) is 43.9 Å². The maximum absolute atomic E-state index is 5.19. The van der Waals surface area contributed by atoms with Crippen LogP contribution in [0.3, 0.4) is 0 Å². The van der Waals surface area contributed by atoms with E-state index in [2.05, 4.69) is 46.4 Å². The van der Waals surface area contributed by atoms with Crippen LogP contribution in [-0.4, -0.2) is 23.0 Å². The second-order valence-electron chi connectivity index (χ2n) is 4.82. The average Bonchev–Trinajstić information content (AvgIpc) is 2.50. The highest BCUT2D eigenvalue weighted by Crippen LogP contribution is 2.22. The van der Waals surface area contributed by atoms with Crippen molar-refractivity contribution < 1.29 is 0 Å². The molecule has 8 N–H and O–H groups in total. The SMILES string of the molecule is Cc1cc(CS/C=N/N=C(N)N)c(C)cc1CS/C=N/N=C(N)N. The predicted octanol–water partition coefficient (Wildman–Crippen LogP) is 1.20. The highest BCUT2D eigenvalue weighted by Gasteiger charge is 2.04. The Morgan fingerprint density at radius 2 is 1.21 bits per heavy atom. The molecule has 0 fully saturated rings. The van der Waals surface area contributed by atoms with E-state index in [0.717, 1.165) is 11.5 Å². The Balaban J connectivity index is 2.62. The topological polar surface area (TPSA) is 154 Å². The van der Waals surface area contributed by atoms with Crippen molar-refractivity contribution in [2.75, 3.05) is 0 Å². The van der Waals surface area contributed by atoms with E-state index in [9.17, 15) is 0 Å². The van der Waals surface area contributed by atoms with Crippen LogP contribution in [0.4, 0.5) is 0 Å². The molecule has 0 aliphatic rings. The van der Waals surface area contributed by atoms with Gasteiger partial charge in [-0.05, 0) is 36.1 Å². The van der Waals surface area contributed by atoms with Crippen LogP contribution in [0.25, 0.3) is 0 Å². The average molecular weight is 367 g/mol. The van der Waals surface area contributed by atoms with Crippen LogP contribution < -0.4 is 22.9 Å². The molecule has 10 heteroatoms. The summed E-state index contributed by atoms with van der Waals surface area (Å²) in [6.07, 6.45) is 0. The predicted molar refractivity (Wildman–Crippen MR) is 107 cm³/mol. The van der Waals surface area contributed by atoms with Crippen molar-refractivity contribution in [3.05, 3.63) is 34.4 Å². The number of nitrogens with zero attached hydrogens (tertiary/aromatic N) is 4. The fourth-order valence-electron chi connectivity index (χ4n) is 1.75. The molecule has 8 nitrogen and oxygen atoms in total. The molecule has 0 heterocycles. The van der Waals surface area contributed by atoms with E-state index in [1.165, 1.54) is 45.8 Å². The van der Waals surface area contributed by atoms with Crippen molar-refractivity contribution in [1.82, 2.24) is 0 Å². The number of hydrogen-bond acceptors (Lipinski definition) is 6. The summed E-state index contributed by atoms with van der Waals surface area (Å²) in [6.45, 7) is 4.17. The summed E-state index contributed by atoms with van der Waals surface area (Å²) >= 11 is 3.06. The molecule has 1 aromatic rings. The van der Waals surface area contributed by atoms with Gasteiger partial charge < -0.3 is 22.9 Å². The number of guanidine groups is 2. The van der Waals surface area contributed by atoms with Crippen LogP contribution in [0.2, 0.25) is 0 Å². The van der Waals surface area contributed by atoms with Gasteiger partial charge in [0.2, 0.25) is 11.9 Å². The Morgan fingerprint density at radius 1 is 0.833 bits per heavy atom. The zero-order valence-corrected chi connectivity index (χ0v) is 15.3. The molecule has 130 valence electrons. The van der Waals surface area contributed by atoms with E-state index < -0.39 is 0 Å². The number of thioether (sulfide) groups is 2. The Kier molecular flexibility index (Phi) is 8.72. The van der Waals surface area contributed by atoms with E-state index in [0.29, 0.717) is 0 Å². The summed E-state index contributed by atoms with van der Waals surface area (Å²) in [4.78, 5) is 0. The van der Waals surface area contributed by atoms with Gasteiger partial charge >= 0.3 is 0 Å². The highest BCUT2D eigenvalue weighted by molar-refractivity contribution is 8.11. The quantitative estimate of drug-likeness (QED) is 0.308. The highest BCUT2D eigenvalue weighted by atomic mass is 32.2. The number of benzene rings is 1. The molecular weight excluding hydrogens is 344 g/mol. The second-order valence-corrected chi connectivity index (χ2v) is 6.48. The molecule has 1 rings (SSSR count). The van der Waals surface area contributed by atoms with Gasteiger partial charge in [0.15, 0.2) is 0 Å². The summed E-state index contributed by atoms with van der Waals surface area (Å²) < 4.78 is 0. The summed E-state index contributed by atoms with van der Waals surface area (Å²) in [7, 11) is 0. The minimum Gasteiger partial charge on any atom is -0.369 e. The fourth-order valence-corrected chi connectivity index (χ4v) is 3.11. The van der Waals surface area contributed by atoms with Gasteiger partial charge in [0.05, 0.1) is 11.1 Å². The summed E-state index contributed by atoms with van der Waals surface area (Å²) in [5.41, 5.74) is 29.0. The third-order valence-electron chi connectivity index (χ3n) is 2.86. The van der Waals surface area contributed by atoms with E-state index in [1.807, 2.05) is 0 Å².